The number of aromatic nitrogens is 2. The van der Waals surface area contributed by atoms with Crippen LogP contribution in [0.25, 0.3) is 0 Å². The highest BCUT2D eigenvalue weighted by Gasteiger charge is 2.39. The summed E-state index contributed by atoms with van der Waals surface area (Å²) in [4.78, 5) is 200. The van der Waals surface area contributed by atoms with Gasteiger partial charge in [0.05, 0.1) is 36.3 Å². The number of benzene rings is 1. The number of carboxylic acid groups (broad SMARTS) is 3. The van der Waals surface area contributed by atoms with Crippen molar-refractivity contribution < 1.29 is 82.4 Å². The van der Waals surface area contributed by atoms with Crippen molar-refractivity contribution in [3.63, 3.8) is 0 Å². The Morgan fingerprint density at radius 3 is 1.62 bits per heavy atom. The third-order valence-corrected chi connectivity index (χ3v) is 18.3. The van der Waals surface area contributed by atoms with E-state index in [0.717, 1.165) is 6.42 Å². The van der Waals surface area contributed by atoms with E-state index in [0.29, 0.717) is 23.4 Å². The zero-order valence-corrected chi connectivity index (χ0v) is 59.5. The van der Waals surface area contributed by atoms with Gasteiger partial charge in [0.2, 0.25) is 65.0 Å². The number of nitrogens with two attached hydrogens (primary N) is 4. The van der Waals surface area contributed by atoms with Crippen molar-refractivity contribution in [3.8, 4) is 0 Å². The Morgan fingerprint density at radius 2 is 1.09 bits per heavy atom. The molecule has 0 aliphatic carbocycles. The summed E-state index contributed by atoms with van der Waals surface area (Å²) in [5, 5.41) is 55.7. The smallest absolute Gasteiger partial charge is 0.326 e. The maximum absolute atomic E-state index is 14.5. The summed E-state index contributed by atoms with van der Waals surface area (Å²) in [6, 6.07) is -7.39. The lowest BCUT2D eigenvalue weighted by atomic mass is 9.96. The number of nitrogens with zero attached hydrogens (tertiary/aromatic N) is 2. The number of primary amides is 1. The molecule has 3 rings (SSSR count). The Hall–Kier alpha value is -9.09. The number of amides is 11. The molecule has 0 fully saturated rings. The highest BCUT2D eigenvalue weighted by Crippen LogP contribution is 2.25. The van der Waals surface area contributed by atoms with E-state index in [2.05, 4.69) is 68.1 Å². The highest BCUT2D eigenvalue weighted by molar-refractivity contribution is 8.14. The number of nitrogens with one attached hydrogen (secondary N) is 11. The van der Waals surface area contributed by atoms with E-state index in [1.807, 2.05) is 13.8 Å². The van der Waals surface area contributed by atoms with Crippen LogP contribution in [0.1, 0.15) is 150 Å². The molecule has 0 saturated heterocycles. The highest BCUT2D eigenvalue weighted by atomic mass is 32.2. The van der Waals surface area contributed by atoms with E-state index < -0.39 is 187 Å². The van der Waals surface area contributed by atoms with E-state index in [9.17, 15) is 82.4 Å². The average Bonchev–Trinajstić information content (AvgIpc) is 1.38. The first-order chi connectivity index (χ1) is 47.7. The van der Waals surface area contributed by atoms with Gasteiger partial charge in [-0.1, -0.05) is 105 Å². The molecule has 35 heteroatoms. The molecular formula is C66H105N17O17S. The molecule has 2 aromatic rings. The van der Waals surface area contributed by atoms with Gasteiger partial charge < -0.3 is 96.4 Å². The van der Waals surface area contributed by atoms with Gasteiger partial charge in [0, 0.05) is 43.5 Å². The molecule has 0 spiro atoms. The summed E-state index contributed by atoms with van der Waals surface area (Å²) in [6.07, 6.45) is 1.25. The van der Waals surface area contributed by atoms with Gasteiger partial charge in [-0.25, -0.2) is 9.78 Å². The zero-order chi connectivity index (χ0) is 75.6. The van der Waals surface area contributed by atoms with E-state index in [1.165, 1.54) is 24.3 Å². The van der Waals surface area contributed by atoms with Crippen LogP contribution in [-0.4, -0.2) is 205 Å². The second kappa shape index (κ2) is 44.2. The summed E-state index contributed by atoms with van der Waals surface area (Å²) in [7, 11) is 0. The lowest BCUT2D eigenvalue weighted by Gasteiger charge is -2.29. The zero-order valence-electron chi connectivity index (χ0n) is 58.7. The fraction of sp³-hybridized carbons (Fsp3) is 0.636. The van der Waals surface area contributed by atoms with Crippen molar-refractivity contribution >= 4 is 99.7 Å². The van der Waals surface area contributed by atoms with Gasteiger partial charge in [-0.3, -0.25) is 67.3 Å². The molecule has 0 radical (unpaired) electrons. The molecule has 0 unspecified atom stereocenters. The third kappa shape index (κ3) is 30.3. The fourth-order valence-corrected chi connectivity index (χ4v) is 11.6. The minimum atomic E-state index is -1.98. The molecule has 1 aromatic carbocycles. The van der Waals surface area contributed by atoms with Crippen LogP contribution >= 0.6 is 11.8 Å². The molecule has 1 aliphatic heterocycles. The Morgan fingerprint density at radius 1 is 0.564 bits per heavy atom. The first-order valence-corrected chi connectivity index (χ1v) is 35.1. The van der Waals surface area contributed by atoms with Crippen LogP contribution in [0.2, 0.25) is 0 Å². The average molecular weight is 1440 g/mol. The molecule has 22 N–H and O–H groups in total. The molecule has 15 atom stereocenters. The number of unbranched alkanes of at least 4 members (excludes halogenated alkanes) is 1. The number of carbonyl (C=O) groups excluding carboxylic acids is 11. The van der Waals surface area contributed by atoms with Gasteiger partial charge in [0.1, 0.15) is 60.4 Å². The Balaban J connectivity index is 1.76. The number of carbonyl (C=O) groups is 14. The molecule has 34 nitrogen and oxygen atoms in total. The molecule has 11 amide bonds. The maximum Gasteiger partial charge on any atom is 0.326 e. The lowest BCUT2D eigenvalue weighted by molar-refractivity contribution is -0.143. The predicted octanol–water partition coefficient (Wildman–Crippen LogP) is -1.76. The van der Waals surface area contributed by atoms with Crippen molar-refractivity contribution in [2.24, 2.45) is 51.6 Å². The molecule has 1 aliphatic rings. The van der Waals surface area contributed by atoms with Crippen LogP contribution in [0.4, 0.5) is 0 Å². The number of aliphatic carboxylic acids is 3. The Kier molecular flexibility index (Phi) is 37.7. The minimum Gasteiger partial charge on any atom is -0.481 e. The van der Waals surface area contributed by atoms with Crippen LogP contribution in [0.15, 0.2) is 47.8 Å². The number of H-pyrrole nitrogens is 1. The number of aromatic amines is 1. The number of aliphatic imine (C=N–C) groups is 1. The van der Waals surface area contributed by atoms with E-state index in [-0.39, 0.29) is 93.8 Å². The van der Waals surface area contributed by atoms with Gasteiger partial charge in [-0.05, 0) is 80.7 Å². The number of hydrogen-bond acceptors (Lipinski definition) is 20. The van der Waals surface area contributed by atoms with Gasteiger partial charge in [0.25, 0.3) is 0 Å². The fourth-order valence-electron chi connectivity index (χ4n) is 10.5. The summed E-state index contributed by atoms with van der Waals surface area (Å²) in [6.45, 7) is 14.4. The predicted molar refractivity (Wildman–Crippen MR) is 373 cm³/mol. The summed E-state index contributed by atoms with van der Waals surface area (Å²) in [5.41, 5.74) is 24.4. The summed E-state index contributed by atoms with van der Waals surface area (Å²) >= 11 is 1.35. The van der Waals surface area contributed by atoms with Gasteiger partial charge in [-0.15, -0.1) is 11.8 Å². The van der Waals surface area contributed by atoms with E-state index in [1.54, 1.807) is 71.9 Å². The Labute approximate surface area is 591 Å². The summed E-state index contributed by atoms with van der Waals surface area (Å²) in [5.74, 6) is -15.3. The van der Waals surface area contributed by atoms with Crippen LogP contribution in [0, 0.1) is 23.7 Å². The van der Waals surface area contributed by atoms with E-state index >= 15 is 0 Å². The molecule has 0 bridgehead atoms. The van der Waals surface area contributed by atoms with Crippen molar-refractivity contribution in [1.82, 2.24) is 63.1 Å². The van der Waals surface area contributed by atoms with Crippen LogP contribution < -0.4 is 76.1 Å². The second-order valence-electron chi connectivity index (χ2n) is 25.8. The second-order valence-corrected chi connectivity index (χ2v) is 26.9. The normalized spacial score (nSPS) is 16.9. The standard InChI is InChI=1S/C66H105N17O17S/c1-9-35(6)52(70)65-81-48(32-101-65)62(96)76-43(26-34(4)5)58(92)74-41(22-23-50(85)86)57(91)83-54(37(8)11-3)63(97)75-42(66(99)100)21-15-16-25-72-56(90)46(29-49(69)84)78-61(95)47(30-51(87)88)79-60(94)45(28-39-31-71-33-73-39)77-59(93)44(27-38-18-13-12-14-19-38)80-64(98)53(36(7)10-2)82-55(89)40(68)20-17-24-67/h12-14,18-19,31,33-37,40-48,52-54H,9-11,15-17,20-30,32,67-68,70H2,1-8H3,(H2,69,84)(H,71,73)(H,72,90)(H,74,92)(H,75,97)(H,76,96)(H,77,93)(H,78,95)(H,79,94)(H,80,98)(H,82,89)(H,83,91)(H,85,86)(H,87,88)(H,99,100)/t35-,36-,37-,40+,41+,42-,43-,44+,45-,46-,47+,48-,52-,53-,54-/m0/s1. The van der Waals surface area contributed by atoms with Crippen molar-refractivity contribution in [1.29, 1.82) is 0 Å². The number of thioether (sulfide) groups is 1. The van der Waals surface area contributed by atoms with Gasteiger partial charge >= 0.3 is 17.9 Å². The largest absolute Gasteiger partial charge is 0.481 e. The lowest BCUT2D eigenvalue weighted by Crippen LogP contribution is -2.61. The van der Waals surface area contributed by atoms with Crippen molar-refractivity contribution in [2.45, 2.75) is 224 Å². The molecular weight excluding hydrogens is 1330 g/mol. The third-order valence-electron chi connectivity index (χ3n) is 17.2. The first kappa shape index (κ1) is 86.1. The Bertz CT molecular complexity index is 3140. The SMILES string of the molecule is CC[C@H](C)[C@H](N)C1=N[C@H](C(=O)N[C@@H](CC(C)C)C(=O)N[C@H](CCC(=O)O)C(=O)N[C@H](C(=O)N[C@@H](CCCCNC(=O)[C@H](CC(N)=O)NC(=O)[C@@H](CC(=O)O)NC(=O)[C@H](Cc2cnc[nH]2)NC(=O)[C@@H](Cc2ccccc2)NC(=O)[C@@H](NC(=O)[C@H](N)CCCN)[C@@H](C)CC)C(=O)O)[C@@H](C)CC)CS1. The molecule has 0 saturated carbocycles. The topological polar surface area (TPSA) is 565 Å². The number of imidazole rings is 1. The van der Waals surface area contributed by atoms with Crippen molar-refractivity contribution in [3.05, 3.63) is 54.1 Å². The first-order valence-electron chi connectivity index (χ1n) is 34.1. The molecule has 562 valence electrons. The van der Waals surface area contributed by atoms with Crippen LogP contribution in [-0.2, 0) is 80.0 Å². The quantitative estimate of drug-likeness (QED) is 0.0326. The molecule has 2 heterocycles. The summed E-state index contributed by atoms with van der Waals surface area (Å²) < 4.78 is 0. The molecule has 101 heavy (non-hydrogen) atoms. The van der Waals surface area contributed by atoms with E-state index in [4.69, 9.17) is 22.9 Å². The number of carboxylic acids is 3. The van der Waals surface area contributed by atoms with Crippen LogP contribution in [0.5, 0.6) is 0 Å². The number of rotatable bonds is 48. The van der Waals surface area contributed by atoms with Gasteiger partial charge in [0.15, 0.2) is 0 Å². The molecule has 1 aromatic heterocycles. The minimum absolute atomic E-state index is 0.00504. The van der Waals surface area contributed by atoms with Gasteiger partial charge in [-0.2, -0.15) is 0 Å². The van der Waals surface area contributed by atoms with Crippen molar-refractivity contribution in [2.75, 3.05) is 18.8 Å². The van der Waals surface area contributed by atoms with Crippen LogP contribution in [0.3, 0.4) is 0 Å². The monoisotopic (exact) mass is 1440 g/mol. The maximum atomic E-state index is 14.5. The number of hydrogen-bond donors (Lipinski definition) is 18.